The molecule has 0 unspecified atom stereocenters. The largest absolute Gasteiger partial charge is 0.468 e. The second-order valence-electron chi connectivity index (χ2n) is 5.69. The average Bonchev–Trinajstić information content (AvgIpc) is 2.64. The molecule has 126 valence electrons. The minimum Gasteiger partial charge on any atom is -0.468 e. The van der Waals surface area contributed by atoms with Gasteiger partial charge in [-0.25, -0.2) is 0 Å². The molecule has 0 aromatic heterocycles. The molecule has 1 aliphatic heterocycles. The average molecular weight is 344 g/mol. The summed E-state index contributed by atoms with van der Waals surface area (Å²) in [6.45, 7) is 0.886. The van der Waals surface area contributed by atoms with Crippen LogP contribution < -0.4 is 5.32 Å². The minimum atomic E-state index is -0.318. The van der Waals surface area contributed by atoms with Gasteiger partial charge in [0.1, 0.15) is 5.92 Å². The molecule has 0 saturated carbocycles. The zero-order valence-corrected chi connectivity index (χ0v) is 14.5. The van der Waals surface area contributed by atoms with Gasteiger partial charge in [0.2, 0.25) is 0 Å². The maximum atomic E-state index is 12.3. The minimum absolute atomic E-state index is 0. The number of carbonyl (C=O) groups is 1. The fraction of sp³-hybridized carbons (Fsp3) is 0.250. The fourth-order valence-electron chi connectivity index (χ4n) is 3.00. The van der Waals surface area contributed by atoms with Gasteiger partial charge in [-0.1, -0.05) is 66.7 Å². The summed E-state index contributed by atoms with van der Waals surface area (Å²) in [4.78, 5) is 12.3. The van der Waals surface area contributed by atoms with Gasteiger partial charge in [-0.05, 0) is 29.7 Å². The van der Waals surface area contributed by atoms with Crippen LogP contribution in [0.15, 0.2) is 66.7 Å². The highest BCUT2D eigenvalue weighted by Gasteiger charge is 2.29. The van der Waals surface area contributed by atoms with Crippen molar-refractivity contribution in [3.63, 3.8) is 0 Å². The Bertz CT molecular complexity index is 683. The summed E-state index contributed by atoms with van der Waals surface area (Å²) in [6.07, 6.45) is 5.18. The van der Waals surface area contributed by atoms with Crippen LogP contribution in [0.5, 0.6) is 0 Å². The molecular formula is C20H22ClNO2. The van der Waals surface area contributed by atoms with Crippen LogP contribution in [0.2, 0.25) is 0 Å². The van der Waals surface area contributed by atoms with E-state index in [0.29, 0.717) is 0 Å². The Labute approximate surface area is 149 Å². The first-order valence-corrected chi connectivity index (χ1v) is 7.93. The van der Waals surface area contributed by atoms with Crippen LogP contribution >= 0.6 is 12.4 Å². The van der Waals surface area contributed by atoms with Crippen molar-refractivity contribution in [2.75, 3.05) is 13.7 Å². The number of hydrogen-bond donors (Lipinski definition) is 1. The van der Waals surface area contributed by atoms with E-state index < -0.39 is 0 Å². The first-order chi connectivity index (χ1) is 11.3. The Balaban J connectivity index is 0.00000208. The third kappa shape index (κ3) is 4.05. The molecule has 0 saturated heterocycles. The maximum absolute atomic E-state index is 12.3. The second kappa shape index (κ2) is 8.67. The number of benzene rings is 2. The Kier molecular flexibility index (Phi) is 6.59. The lowest BCUT2D eigenvalue weighted by molar-refractivity contribution is -0.142. The van der Waals surface area contributed by atoms with Crippen LogP contribution in [0.4, 0.5) is 0 Å². The van der Waals surface area contributed by atoms with Crippen molar-refractivity contribution in [1.29, 1.82) is 0 Å². The molecule has 1 N–H and O–H groups in total. The molecule has 2 aromatic carbocycles. The molecule has 2 aromatic rings. The summed E-state index contributed by atoms with van der Waals surface area (Å²) in [5, 5.41) is 3.39. The van der Waals surface area contributed by atoms with E-state index in [0.717, 1.165) is 24.1 Å². The number of methoxy groups -OCH3 is 1. The van der Waals surface area contributed by atoms with Crippen molar-refractivity contribution in [2.24, 2.45) is 0 Å². The fourth-order valence-corrected chi connectivity index (χ4v) is 3.00. The number of nitrogens with one attached hydrogen (secondary N) is 1. The molecule has 0 spiro atoms. The van der Waals surface area contributed by atoms with Crippen molar-refractivity contribution < 1.29 is 9.53 Å². The smallest absolute Gasteiger partial charge is 0.315 e. The molecule has 0 bridgehead atoms. The van der Waals surface area contributed by atoms with E-state index in [2.05, 4.69) is 41.7 Å². The van der Waals surface area contributed by atoms with Crippen LogP contribution in [-0.4, -0.2) is 25.7 Å². The van der Waals surface area contributed by atoms with Gasteiger partial charge in [0.25, 0.3) is 0 Å². The van der Waals surface area contributed by atoms with Gasteiger partial charge in [0.15, 0.2) is 0 Å². The van der Waals surface area contributed by atoms with E-state index in [4.69, 9.17) is 4.74 Å². The third-order valence-corrected chi connectivity index (χ3v) is 4.23. The van der Waals surface area contributed by atoms with E-state index >= 15 is 0 Å². The summed E-state index contributed by atoms with van der Waals surface area (Å²) in [5.41, 5.74) is 3.29. The standard InChI is InChI=1S/C20H21NO2.ClH/c1-23-20(22)19(18-9-5-6-14-21-18)17-12-10-16(11-13-17)15-7-3-2-4-8-15;/h2-5,7-13,18-19,21H,6,14H2,1H3;1H/t18-,19+;/m1./s1. The topological polar surface area (TPSA) is 38.3 Å². The number of ether oxygens (including phenoxy) is 1. The predicted octanol–water partition coefficient (Wildman–Crippen LogP) is 3.95. The van der Waals surface area contributed by atoms with Crippen molar-refractivity contribution in [3.05, 3.63) is 72.3 Å². The first-order valence-electron chi connectivity index (χ1n) is 7.93. The van der Waals surface area contributed by atoms with E-state index in [1.807, 2.05) is 30.3 Å². The zero-order chi connectivity index (χ0) is 16.1. The van der Waals surface area contributed by atoms with Crippen LogP contribution in [-0.2, 0) is 9.53 Å². The van der Waals surface area contributed by atoms with Crippen LogP contribution in [0.1, 0.15) is 17.9 Å². The normalized spacial score (nSPS) is 17.6. The molecule has 1 aliphatic rings. The summed E-state index contributed by atoms with van der Waals surface area (Å²) < 4.78 is 5.02. The molecule has 4 heteroatoms. The molecule has 0 fully saturated rings. The van der Waals surface area contributed by atoms with E-state index in [1.165, 1.54) is 12.7 Å². The lowest BCUT2D eigenvalue weighted by Crippen LogP contribution is -2.39. The van der Waals surface area contributed by atoms with Gasteiger partial charge in [0.05, 0.1) is 7.11 Å². The molecule has 0 amide bonds. The number of hydrogen-bond acceptors (Lipinski definition) is 3. The van der Waals surface area contributed by atoms with E-state index in [-0.39, 0.29) is 30.3 Å². The highest BCUT2D eigenvalue weighted by molar-refractivity contribution is 5.85. The van der Waals surface area contributed by atoms with Gasteiger partial charge >= 0.3 is 5.97 Å². The number of rotatable bonds is 4. The summed E-state index contributed by atoms with van der Waals surface area (Å²) in [6, 6.07) is 18.4. The molecule has 0 radical (unpaired) electrons. The Morgan fingerprint density at radius 2 is 1.75 bits per heavy atom. The lowest BCUT2D eigenvalue weighted by Gasteiger charge is -2.26. The summed E-state index contributed by atoms with van der Waals surface area (Å²) in [5.74, 6) is -0.525. The highest BCUT2D eigenvalue weighted by atomic mass is 35.5. The number of carbonyl (C=O) groups excluding carboxylic acids is 1. The first kappa shape index (κ1) is 18.2. The van der Waals surface area contributed by atoms with Crippen LogP contribution in [0, 0.1) is 0 Å². The molecule has 3 nitrogen and oxygen atoms in total. The van der Waals surface area contributed by atoms with E-state index in [1.54, 1.807) is 0 Å². The summed E-state index contributed by atoms with van der Waals surface area (Å²) in [7, 11) is 1.44. The summed E-state index contributed by atoms with van der Waals surface area (Å²) >= 11 is 0. The Hall–Kier alpha value is -2.10. The van der Waals surface area contributed by atoms with Gasteiger partial charge in [-0.15, -0.1) is 12.4 Å². The highest BCUT2D eigenvalue weighted by Crippen LogP contribution is 2.27. The van der Waals surface area contributed by atoms with Gasteiger partial charge in [0, 0.05) is 6.04 Å². The predicted molar refractivity (Wildman–Crippen MR) is 99.4 cm³/mol. The van der Waals surface area contributed by atoms with Crippen molar-refractivity contribution in [3.8, 4) is 11.1 Å². The lowest BCUT2D eigenvalue weighted by atomic mass is 9.88. The quantitative estimate of drug-likeness (QED) is 0.674. The van der Waals surface area contributed by atoms with Crippen molar-refractivity contribution in [1.82, 2.24) is 5.32 Å². The SMILES string of the molecule is COC(=O)[C@@H](c1ccc(-c2ccccc2)cc1)[C@H]1C=CCCN1.Cl. The number of halogens is 1. The second-order valence-corrected chi connectivity index (χ2v) is 5.69. The molecule has 0 aliphatic carbocycles. The van der Waals surface area contributed by atoms with Gasteiger partial charge in [-0.2, -0.15) is 0 Å². The van der Waals surface area contributed by atoms with Crippen LogP contribution in [0.25, 0.3) is 11.1 Å². The van der Waals surface area contributed by atoms with Gasteiger partial charge in [-0.3, -0.25) is 4.79 Å². The Morgan fingerprint density at radius 3 is 2.33 bits per heavy atom. The Morgan fingerprint density at radius 1 is 1.08 bits per heavy atom. The van der Waals surface area contributed by atoms with E-state index in [9.17, 15) is 4.79 Å². The van der Waals surface area contributed by atoms with Crippen molar-refractivity contribution >= 4 is 18.4 Å². The van der Waals surface area contributed by atoms with Crippen LogP contribution in [0.3, 0.4) is 0 Å². The van der Waals surface area contributed by atoms with Gasteiger partial charge < -0.3 is 10.1 Å². The maximum Gasteiger partial charge on any atom is 0.315 e. The zero-order valence-electron chi connectivity index (χ0n) is 13.6. The molecule has 24 heavy (non-hydrogen) atoms. The molecule has 3 rings (SSSR count). The third-order valence-electron chi connectivity index (χ3n) is 4.23. The monoisotopic (exact) mass is 343 g/mol. The molecule has 2 atom stereocenters. The molecule has 1 heterocycles. The number of esters is 1. The van der Waals surface area contributed by atoms with Crippen molar-refractivity contribution in [2.45, 2.75) is 18.4 Å². The molecular weight excluding hydrogens is 322 g/mol.